The average Bonchev–Trinajstić information content (AvgIpc) is 2.54. The van der Waals surface area contributed by atoms with Crippen molar-refractivity contribution in [3.8, 4) is 6.07 Å². The van der Waals surface area contributed by atoms with Crippen LogP contribution in [0.2, 0.25) is 0 Å². The largest absolute Gasteiger partial charge is 0.368 e. The van der Waals surface area contributed by atoms with Crippen LogP contribution in [0, 0.1) is 17.1 Å². The van der Waals surface area contributed by atoms with Gasteiger partial charge in [-0.15, -0.1) is 0 Å². The summed E-state index contributed by atoms with van der Waals surface area (Å²) in [4.78, 5) is 13.1. The van der Waals surface area contributed by atoms with Gasteiger partial charge in [0.15, 0.2) is 0 Å². The van der Waals surface area contributed by atoms with Gasteiger partial charge in [0, 0.05) is 26.1 Å². The molecule has 0 bridgehead atoms. The van der Waals surface area contributed by atoms with Gasteiger partial charge in [0.05, 0.1) is 5.69 Å². The molecular weight excluding hydrogens is 221 g/mol. The number of amides is 1. The number of hydrogen-bond donors (Lipinski definition) is 1. The van der Waals surface area contributed by atoms with Gasteiger partial charge < -0.3 is 10.2 Å². The van der Waals surface area contributed by atoms with E-state index in [4.69, 9.17) is 5.26 Å². The molecular formula is C12H12FN3O. The number of rotatable bonds is 1. The van der Waals surface area contributed by atoms with E-state index in [-0.39, 0.29) is 11.5 Å². The number of hydrogen-bond acceptors (Lipinski definition) is 3. The van der Waals surface area contributed by atoms with Crippen LogP contribution in [0.4, 0.5) is 10.1 Å². The summed E-state index contributed by atoms with van der Waals surface area (Å²) in [7, 11) is 0. The average molecular weight is 233 g/mol. The quantitative estimate of drug-likeness (QED) is 0.788. The van der Waals surface area contributed by atoms with Crippen molar-refractivity contribution < 1.29 is 9.18 Å². The van der Waals surface area contributed by atoms with E-state index < -0.39 is 5.82 Å². The normalized spacial score (nSPS) is 16.0. The van der Waals surface area contributed by atoms with Crippen LogP contribution in [0.3, 0.4) is 0 Å². The summed E-state index contributed by atoms with van der Waals surface area (Å²) in [6.45, 7) is 1.61. The van der Waals surface area contributed by atoms with Gasteiger partial charge in [-0.2, -0.15) is 5.26 Å². The van der Waals surface area contributed by atoms with Crippen LogP contribution in [-0.4, -0.2) is 25.5 Å². The Morgan fingerprint density at radius 2 is 2.24 bits per heavy atom. The number of benzene rings is 1. The van der Waals surface area contributed by atoms with Gasteiger partial charge in [0.1, 0.15) is 17.4 Å². The van der Waals surface area contributed by atoms with Crippen molar-refractivity contribution >= 4 is 11.6 Å². The highest BCUT2D eigenvalue weighted by Gasteiger charge is 2.18. The van der Waals surface area contributed by atoms with Crippen LogP contribution in [0.15, 0.2) is 18.2 Å². The first-order chi connectivity index (χ1) is 8.22. The predicted octanol–water partition coefficient (Wildman–Crippen LogP) is 1.02. The molecule has 1 N–H and O–H groups in total. The smallest absolute Gasteiger partial charge is 0.221 e. The third-order valence-electron chi connectivity index (χ3n) is 2.76. The minimum absolute atomic E-state index is 0.0117. The molecule has 1 aliphatic heterocycles. The Balaban J connectivity index is 2.31. The second-order valence-electron chi connectivity index (χ2n) is 3.83. The molecule has 88 valence electrons. The molecule has 1 heterocycles. The van der Waals surface area contributed by atoms with Crippen molar-refractivity contribution in [3.05, 3.63) is 29.6 Å². The lowest BCUT2D eigenvalue weighted by molar-refractivity contribution is -0.120. The lowest BCUT2D eigenvalue weighted by Gasteiger charge is -2.22. The Kier molecular flexibility index (Phi) is 3.24. The van der Waals surface area contributed by atoms with E-state index in [0.29, 0.717) is 31.7 Å². The van der Waals surface area contributed by atoms with Gasteiger partial charge in [-0.05, 0) is 12.1 Å². The highest BCUT2D eigenvalue weighted by Crippen LogP contribution is 2.22. The van der Waals surface area contributed by atoms with Crippen LogP contribution in [-0.2, 0) is 4.79 Å². The highest BCUT2D eigenvalue weighted by atomic mass is 19.1. The molecule has 1 saturated heterocycles. The molecule has 2 rings (SSSR count). The maximum atomic E-state index is 13.5. The third-order valence-corrected chi connectivity index (χ3v) is 2.76. The molecule has 0 aliphatic carbocycles. The predicted molar refractivity (Wildman–Crippen MR) is 61.0 cm³/mol. The summed E-state index contributed by atoms with van der Waals surface area (Å²) in [6, 6.07) is 6.42. The fraction of sp³-hybridized carbons (Fsp3) is 0.333. The summed E-state index contributed by atoms with van der Waals surface area (Å²) >= 11 is 0. The zero-order chi connectivity index (χ0) is 12.3. The van der Waals surface area contributed by atoms with Crippen molar-refractivity contribution in [3.63, 3.8) is 0 Å². The molecule has 4 nitrogen and oxygen atoms in total. The first-order valence-electron chi connectivity index (χ1n) is 5.42. The number of carbonyl (C=O) groups excluding carboxylic acids is 1. The van der Waals surface area contributed by atoms with Crippen LogP contribution >= 0.6 is 0 Å². The van der Waals surface area contributed by atoms with Crippen LogP contribution in [0.1, 0.15) is 12.0 Å². The van der Waals surface area contributed by atoms with E-state index in [0.717, 1.165) is 0 Å². The molecule has 0 radical (unpaired) electrons. The minimum Gasteiger partial charge on any atom is -0.368 e. The number of carbonyl (C=O) groups is 1. The standard InChI is InChI=1S/C12H12FN3O/c13-10-2-1-3-11(9(10)8-14)16-6-4-12(17)15-5-7-16/h1-3H,4-7H2,(H,15,17). The topological polar surface area (TPSA) is 56.1 Å². The van der Waals surface area contributed by atoms with E-state index in [9.17, 15) is 9.18 Å². The van der Waals surface area contributed by atoms with Crippen LogP contribution in [0.25, 0.3) is 0 Å². The lowest BCUT2D eigenvalue weighted by atomic mass is 10.1. The highest BCUT2D eigenvalue weighted by molar-refractivity contribution is 5.77. The molecule has 0 aromatic heterocycles. The molecule has 0 unspecified atom stereocenters. The van der Waals surface area contributed by atoms with Gasteiger partial charge in [0.25, 0.3) is 0 Å². The van der Waals surface area contributed by atoms with E-state index in [1.165, 1.54) is 6.07 Å². The molecule has 1 amide bonds. The number of anilines is 1. The molecule has 1 aliphatic rings. The fourth-order valence-electron chi connectivity index (χ4n) is 1.89. The maximum Gasteiger partial charge on any atom is 0.221 e. The van der Waals surface area contributed by atoms with Gasteiger partial charge in [-0.3, -0.25) is 4.79 Å². The molecule has 1 aromatic carbocycles. The van der Waals surface area contributed by atoms with Gasteiger partial charge in [-0.25, -0.2) is 4.39 Å². The Morgan fingerprint density at radius 3 is 3.00 bits per heavy atom. The maximum absolute atomic E-state index is 13.5. The second-order valence-corrected chi connectivity index (χ2v) is 3.83. The van der Waals surface area contributed by atoms with Gasteiger partial charge >= 0.3 is 0 Å². The molecule has 0 saturated carbocycles. The number of nitrogens with one attached hydrogen (secondary N) is 1. The summed E-state index contributed by atoms with van der Waals surface area (Å²) in [6.07, 6.45) is 0.362. The summed E-state index contributed by atoms with van der Waals surface area (Å²) in [5, 5.41) is 11.7. The molecule has 5 heteroatoms. The second kappa shape index (κ2) is 4.83. The molecule has 1 aromatic rings. The van der Waals surface area contributed by atoms with Crippen molar-refractivity contribution in [1.82, 2.24) is 5.32 Å². The molecule has 1 fully saturated rings. The van der Waals surface area contributed by atoms with Gasteiger partial charge in [-0.1, -0.05) is 6.07 Å². The number of nitriles is 1. The summed E-state index contributed by atoms with van der Waals surface area (Å²) < 4.78 is 13.5. The molecule has 0 spiro atoms. The monoisotopic (exact) mass is 233 g/mol. The van der Waals surface area contributed by atoms with E-state index >= 15 is 0 Å². The zero-order valence-electron chi connectivity index (χ0n) is 9.24. The SMILES string of the molecule is N#Cc1c(F)cccc1N1CCNC(=O)CC1. The lowest BCUT2D eigenvalue weighted by Crippen LogP contribution is -2.29. The first kappa shape index (κ1) is 11.4. The Hall–Kier alpha value is -2.09. The Morgan fingerprint density at radius 1 is 1.41 bits per heavy atom. The van der Waals surface area contributed by atoms with E-state index in [1.807, 2.05) is 11.0 Å². The van der Waals surface area contributed by atoms with Gasteiger partial charge in [0.2, 0.25) is 5.91 Å². The van der Waals surface area contributed by atoms with Crippen LogP contribution in [0.5, 0.6) is 0 Å². The first-order valence-corrected chi connectivity index (χ1v) is 5.42. The number of halogens is 1. The van der Waals surface area contributed by atoms with Crippen molar-refractivity contribution in [2.24, 2.45) is 0 Å². The van der Waals surface area contributed by atoms with Crippen molar-refractivity contribution in [2.45, 2.75) is 6.42 Å². The van der Waals surface area contributed by atoms with Crippen molar-refractivity contribution in [2.75, 3.05) is 24.5 Å². The zero-order valence-corrected chi connectivity index (χ0v) is 9.24. The molecule has 0 atom stereocenters. The summed E-state index contributed by atoms with van der Waals surface area (Å²) in [5.41, 5.74) is 0.603. The Labute approximate surface area is 98.6 Å². The van der Waals surface area contributed by atoms with E-state index in [2.05, 4.69) is 5.32 Å². The van der Waals surface area contributed by atoms with Crippen LogP contribution < -0.4 is 10.2 Å². The minimum atomic E-state index is -0.520. The Bertz CT molecular complexity index is 481. The van der Waals surface area contributed by atoms with Crippen molar-refractivity contribution in [1.29, 1.82) is 5.26 Å². The van der Waals surface area contributed by atoms with E-state index in [1.54, 1.807) is 12.1 Å². The summed E-state index contributed by atoms with van der Waals surface area (Å²) in [5.74, 6) is -0.532. The number of nitrogens with zero attached hydrogens (tertiary/aromatic N) is 2. The fourth-order valence-corrected chi connectivity index (χ4v) is 1.89. The molecule has 17 heavy (non-hydrogen) atoms. The third kappa shape index (κ3) is 2.36.